The number of hydrogen-bond acceptors (Lipinski definition) is 5. The predicted molar refractivity (Wildman–Crippen MR) is 98.0 cm³/mol. The number of pyridine rings is 1. The zero-order valence-electron chi connectivity index (χ0n) is 12.8. The first kappa shape index (κ1) is 17.9. The van der Waals surface area contributed by atoms with E-state index in [-0.39, 0.29) is 12.5 Å². The van der Waals surface area contributed by atoms with Crippen molar-refractivity contribution in [3.8, 4) is 5.75 Å². The molecule has 1 heterocycles. The van der Waals surface area contributed by atoms with Gasteiger partial charge in [-0.25, -0.2) is 5.43 Å². The predicted octanol–water partition coefficient (Wildman–Crippen LogP) is 1.57. The minimum Gasteiger partial charge on any atom is -0.496 e. The summed E-state index contributed by atoms with van der Waals surface area (Å²) in [6.07, 6.45) is 4.54. The number of hydrogen-bond donors (Lipinski definition) is 2. The molecule has 0 fully saturated rings. The highest BCUT2D eigenvalue weighted by atomic mass is 127. The molecule has 0 atom stereocenters. The van der Waals surface area contributed by atoms with Gasteiger partial charge in [0.25, 0.3) is 11.8 Å². The fourth-order valence-corrected chi connectivity index (χ4v) is 2.51. The minimum absolute atomic E-state index is 0.168. The van der Waals surface area contributed by atoms with Gasteiger partial charge in [-0.1, -0.05) is 0 Å². The number of carbonyl (C=O) groups is 2. The van der Waals surface area contributed by atoms with Crippen molar-refractivity contribution in [2.24, 2.45) is 5.10 Å². The molecule has 0 aliphatic heterocycles. The van der Waals surface area contributed by atoms with Crippen LogP contribution in [-0.4, -0.2) is 36.7 Å². The van der Waals surface area contributed by atoms with Crippen molar-refractivity contribution in [1.29, 1.82) is 0 Å². The van der Waals surface area contributed by atoms with Crippen LogP contribution in [0.4, 0.5) is 0 Å². The molecule has 24 heavy (non-hydrogen) atoms. The van der Waals surface area contributed by atoms with Crippen LogP contribution in [0.2, 0.25) is 0 Å². The maximum absolute atomic E-state index is 11.8. The summed E-state index contributed by atoms with van der Waals surface area (Å²) in [7, 11) is 1.60. The van der Waals surface area contributed by atoms with Crippen molar-refractivity contribution < 1.29 is 14.3 Å². The van der Waals surface area contributed by atoms with E-state index in [1.54, 1.807) is 19.2 Å². The van der Waals surface area contributed by atoms with E-state index in [2.05, 4.69) is 43.4 Å². The van der Waals surface area contributed by atoms with Gasteiger partial charge in [0.1, 0.15) is 5.75 Å². The Balaban J connectivity index is 1.80. The Morgan fingerprint density at radius 3 is 2.71 bits per heavy atom. The summed E-state index contributed by atoms with van der Waals surface area (Å²) in [5.74, 6) is 0.00807. The van der Waals surface area contributed by atoms with E-state index in [1.807, 2.05) is 18.2 Å². The number of amides is 2. The van der Waals surface area contributed by atoms with Crippen LogP contribution in [0.25, 0.3) is 0 Å². The number of carbonyl (C=O) groups excluding carboxylic acids is 2. The van der Waals surface area contributed by atoms with E-state index < -0.39 is 5.91 Å². The lowest BCUT2D eigenvalue weighted by molar-refractivity contribution is -0.120. The zero-order valence-corrected chi connectivity index (χ0v) is 15.0. The summed E-state index contributed by atoms with van der Waals surface area (Å²) >= 11 is 2.15. The van der Waals surface area contributed by atoms with E-state index in [0.29, 0.717) is 5.56 Å². The Kier molecular flexibility index (Phi) is 6.67. The van der Waals surface area contributed by atoms with Crippen LogP contribution < -0.4 is 15.5 Å². The Hall–Kier alpha value is -2.49. The fraction of sp³-hybridized carbons (Fsp3) is 0.125. The Morgan fingerprint density at radius 1 is 1.29 bits per heavy atom. The number of halogens is 1. The number of rotatable bonds is 6. The number of hydrazone groups is 1. The van der Waals surface area contributed by atoms with E-state index in [1.165, 1.54) is 18.6 Å². The molecule has 0 radical (unpaired) electrons. The summed E-state index contributed by atoms with van der Waals surface area (Å²) in [5.41, 5.74) is 3.62. The standard InChI is InChI=1S/C16H15IN4O3/c1-24-14-3-2-11(8-13(14)17)9-20-21-15(22)10-19-16(23)12-4-6-18-7-5-12/h2-9H,10H2,1H3,(H,19,23)(H,21,22)/b20-9-. The molecule has 8 heteroatoms. The number of nitrogens with zero attached hydrogens (tertiary/aromatic N) is 2. The van der Waals surface area contributed by atoms with Gasteiger partial charge in [-0.3, -0.25) is 14.6 Å². The van der Waals surface area contributed by atoms with E-state index in [4.69, 9.17) is 4.74 Å². The normalized spacial score (nSPS) is 10.4. The Morgan fingerprint density at radius 2 is 2.04 bits per heavy atom. The molecule has 2 rings (SSSR count). The van der Waals surface area contributed by atoms with Gasteiger partial charge in [0.15, 0.2) is 0 Å². The molecule has 0 unspecified atom stereocenters. The van der Waals surface area contributed by atoms with Crippen LogP contribution in [-0.2, 0) is 4.79 Å². The molecule has 1 aromatic heterocycles. The number of aromatic nitrogens is 1. The maximum atomic E-state index is 11.8. The average Bonchev–Trinajstić information content (AvgIpc) is 2.60. The molecule has 2 N–H and O–H groups in total. The van der Waals surface area contributed by atoms with Gasteiger partial charge in [0.05, 0.1) is 23.4 Å². The molecular weight excluding hydrogens is 423 g/mol. The first-order chi connectivity index (χ1) is 11.6. The van der Waals surface area contributed by atoms with Gasteiger partial charge in [0.2, 0.25) is 0 Å². The lowest BCUT2D eigenvalue weighted by Crippen LogP contribution is -2.34. The van der Waals surface area contributed by atoms with Gasteiger partial charge in [-0.2, -0.15) is 5.10 Å². The van der Waals surface area contributed by atoms with Crippen LogP contribution in [0, 0.1) is 3.57 Å². The quantitative estimate of drug-likeness (QED) is 0.407. The van der Waals surface area contributed by atoms with Gasteiger partial charge in [-0.05, 0) is 58.5 Å². The minimum atomic E-state index is -0.420. The van der Waals surface area contributed by atoms with Crippen molar-refractivity contribution in [2.45, 2.75) is 0 Å². The van der Waals surface area contributed by atoms with Gasteiger partial charge >= 0.3 is 0 Å². The summed E-state index contributed by atoms with van der Waals surface area (Å²) in [6, 6.07) is 8.65. The molecule has 0 saturated carbocycles. The summed E-state index contributed by atoms with van der Waals surface area (Å²) < 4.78 is 6.11. The highest BCUT2D eigenvalue weighted by Gasteiger charge is 2.06. The molecule has 0 aliphatic carbocycles. The highest BCUT2D eigenvalue weighted by molar-refractivity contribution is 14.1. The molecule has 1 aromatic carbocycles. The van der Waals surface area contributed by atoms with E-state index >= 15 is 0 Å². The van der Waals surface area contributed by atoms with E-state index in [9.17, 15) is 9.59 Å². The molecule has 0 spiro atoms. The third kappa shape index (κ3) is 5.30. The topological polar surface area (TPSA) is 92.7 Å². The fourth-order valence-electron chi connectivity index (χ4n) is 1.75. The van der Waals surface area contributed by atoms with Crippen LogP contribution in [0.1, 0.15) is 15.9 Å². The molecule has 2 aromatic rings. The van der Waals surface area contributed by atoms with Crippen LogP contribution in [0.5, 0.6) is 5.75 Å². The summed E-state index contributed by atoms with van der Waals surface area (Å²) in [5, 5.41) is 6.36. The number of nitrogens with one attached hydrogen (secondary N) is 2. The second-order valence-electron chi connectivity index (χ2n) is 4.61. The second-order valence-corrected chi connectivity index (χ2v) is 5.77. The number of benzene rings is 1. The monoisotopic (exact) mass is 438 g/mol. The summed E-state index contributed by atoms with van der Waals surface area (Å²) in [6.45, 7) is -0.168. The molecule has 7 nitrogen and oxygen atoms in total. The molecule has 124 valence electrons. The Labute approximate surface area is 152 Å². The van der Waals surface area contributed by atoms with Gasteiger partial charge in [-0.15, -0.1) is 0 Å². The third-order valence-electron chi connectivity index (χ3n) is 2.93. The molecule has 0 aliphatic rings. The molecule has 0 saturated heterocycles. The van der Waals surface area contributed by atoms with Crippen molar-refractivity contribution >= 4 is 40.6 Å². The first-order valence-electron chi connectivity index (χ1n) is 6.94. The van der Waals surface area contributed by atoms with Crippen molar-refractivity contribution in [1.82, 2.24) is 15.7 Å². The number of methoxy groups -OCH3 is 1. The second kappa shape index (κ2) is 8.96. The molecular formula is C16H15IN4O3. The molecule has 2 amide bonds. The lowest BCUT2D eigenvalue weighted by atomic mass is 10.2. The van der Waals surface area contributed by atoms with Crippen LogP contribution in [0.3, 0.4) is 0 Å². The van der Waals surface area contributed by atoms with Gasteiger partial charge < -0.3 is 10.1 Å². The van der Waals surface area contributed by atoms with Crippen molar-refractivity contribution in [3.63, 3.8) is 0 Å². The van der Waals surface area contributed by atoms with Gasteiger partial charge in [0, 0.05) is 18.0 Å². The number of ether oxygens (including phenoxy) is 1. The lowest BCUT2D eigenvalue weighted by Gasteiger charge is -2.04. The van der Waals surface area contributed by atoms with Crippen molar-refractivity contribution in [2.75, 3.05) is 13.7 Å². The Bertz CT molecular complexity index is 750. The largest absolute Gasteiger partial charge is 0.496 e. The van der Waals surface area contributed by atoms with Crippen LogP contribution in [0.15, 0.2) is 47.8 Å². The van der Waals surface area contributed by atoms with Crippen molar-refractivity contribution in [3.05, 3.63) is 57.4 Å². The SMILES string of the molecule is COc1ccc(/C=N\NC(=O)CNC(=O)c2ccncc2)cc1I. The summed E-state index contributed by atoms with van der Waals surface area (Å²) in [4.78, 5) is 27.3. The van der Waals surface area contributed by atoms with Crippen LogP contribution >= 0.6 is 22.6 Å². The zero-order chi connectivity index (χ0) is 17.4. The molecule has 0 bridgehead atoms. The third-order valence-corrected chi connectivity index (χ3v) is 3.77. The van der Waals surface area contributed by atoms with E-state index in [0.717, 1.165) is 14.9 Å². The first-order valence-corrected chi connectivity index (χ1v) is 8.01. The smallest absolute Gasteiger partial charge is 0.259 e. The maximum Gasteiger partial charge on any atom is 0.259 e. The average molecular weight is 438 g/mol. The highest BCUT2D eigenvalue weighted by Crippen LogP contribution is 2.20.